The largest absolute Gasteiger partial charge is 0.306 e. The van der Waals surface area contributed by atoms with Crippen LogP contribution in [0.15, 0.2) is 24.3 Å². The molecule has 1 aromatic carbocycles. The Balaban J connectivity index is 1.95. The lowest BCUT2D eigenvalue weighted by Gasteiger charge is -2.41. The molecule has 0 atom stereocenters. The molecule has 1 aliphatic rings. The topological polar surface area (TPSA) is 12.0 Å². The highest BCUT2D eigenvalue weighted by Gasteiger charge is 2.35. The van der Waals surface area contributed by atoms with Gasteiger partial charge >= 0.3 is 0 Å². The van der Waals surface area contributed by atoms with Gasteiger partial charge in [-0.1, -0.05) is 29.8 Å². The second-order valence-corrected chi connectivity index (χ2v) is 4.89. The highest BCUT2D eigenvalue weighted by Crippen LogP contribution is 2.33. The van der Waals surface area contributed by atoms with Crippen LogP contribution in [0.3, 0.4) is 0 Å². The third-order valence-electron chi connectivity index (χ3n) is 3.18. The second kappa shape index (κ2) is 4.73. The zero-order valence-electron chi connectivity index (χ0n) is 8.60. The first-order valence-electron chi connectivity index (χ1n) is 5.30. The van der Waals surface area contributed by atoms with E-state index in [0.29, 0.717) is 5.88 Å². The Bertz CT molecular complexity index is 329. The molecule has 0 spiro atoms. The van der Waals surface area contributed by atoms with Crippen LogP contribution in [0.1, 0.15) is 24.8 Å². The number of hydrogen-bond acceptors (Lipinski definition) is 1. The molecule has 1 fully saturated rings. The maximum absolute atomic E-state index is 6.08. The SMILES string of the molecule is ClCC1(NCc2ccccc2Cl)CCC1. The highest BCUT2D eigenvalue weighted by atomic mass is 35.5. The molecule has 2 rings (SSSR count). The maximum atomic E-state index is 6.08. The van der Waals surface area contributed by atoms with Gasteiger partial charge in [0.1, 0.15) is 0 Å². The molecule has 0 radical (unpaired) electrons. The van der Waals surface area contributed by atoms with Crippen LogP contribution in [0.2, 0.25) is 5.02 Å². The van der Waals surface area contributed by atoms with Crippen LogP contribution in [0.5, 0.6) is 0 Å². The first-order chi connectivity index (χ1) is 7.26. The van der Waals surface area contributed by atoms with Crippen LogP contribution < -0.4 is 5.32 Å². The van der Waals surface area contributed by atoms with Crippen LogP contribution in [0.4, 0.5) is 0 Å². The summed E-state index contributed by atoms with van der Waals surface area (Å²) in [7, 11) is 0. The van der Waals surface area contributed by atoms with Gasteiger partial charge in [0.15, 0.2) is 0 Å². The lowest BCUT2D eigenvalue weighted by atomic mass is 9.78. The van der Waals surface area contributed by atoms with E-state index in [0.717, 1.165) is 17.1 Å². The third-order valence-corrected chi connectivity index (χ3v) is 4.06. The minimum atomic E-state index is 0.167. The Kier molecular flexibility index (Phi) is 3.55. The van der Waals surface area contributed by atoms with Crippen molar-refractivity contribution in [2.75, 3.05) is 5.88 Å². The zero-order chi connectivity index (χ0) is 10.7. The van der Waals surface area contributed by atoms with E-state index in [2.05, 4.69) is 11.4 Å². The Morgan fingerprint density at radius 3 is 2.53 bits per heavy atom. The van der Waals surface area contributed by atoms with Crippen LogP contribution in [0.25, 0.3) is 0 Å². The molecule has 1 aliphatic carbocycles. The molecule has 0 saturated heterocycles. The summed E-state index contributed by atoms with van der Waals surface area (Å²) < 4.78 is 0. The summed E-state index contributed by atoms with van der Waals surface area (Å²) in [6.07, 6.45) is 3.64. The summed E-state index contributed by atoms with van der Waals surface area (Å²) in [6, 6.07) is 7.94. The van der Waals surface area contributed by atoms with Crippen molar-refractivity contribution in [1.82, 2.24) is 5.32 Å². The van der Waals surface area contributed by atoms with E-state index in [9.17, 15) is 0 Å². The Labute approximate surface area is 101 Å². The van der Waals surface area contributed by atoms with Gasteiger partial charge in [0.25, 0.3) is 0 Å². The van der Waals surface area contributed by atoms with Gasteiger partial charge in [-0.2, -0.15) is 0 Å². The van der Waals surface area contributed by atoms with Gasteiger partial charge < -0.3 is 5.32 Å². The first kappa shape index (κ1) is 11.3. The summed E-state index contributed by atoms with van der Waals surface area (Å²) >= 11 is 12.1. The summed E-state index contributed by atoms with van der Waals surface area (Å²) in [4.78, 5) is 0. The van der Waals surface area contributed by atoms with Crippen molar-refractivity contribution >= 4 is 23.2 Å². The molecule has 0 aliphatic heterocycles. The lowest BCUT2D eigenvalue weighted by Crippen LogP contribution is -2.52. The lowest BCUT2D eigenvalue weighted by molar-refractivity contribution is 0.211. The van der Waals surface area contributed by atoms with Gasteiger partial charge in [0, 0.05) is 23.0 Å². The number of halogens is 2. The van der Waals surface area contributed by atoms with E-state index in [1.807, 2.05) is 18.2 Å². The van der Waals surface area contributed by atoms with Gasteiger partial charge in [-0.3, -0.25) is 0 Å². The van der Waals surface area contributed by atoms with Gasteiger partial charge in [0.05, 0.1) is 0 Å². The molecule has 1 saturated carbocycles. The average Bonchev–Trinajstić information content (AvgIpc) is 2.19. The fourth-order valence-corrected chi connectivity index (χ4v) is 2.45. The van der Waals surface area contributed by atoms with E-state index in [4.69, 9.17) is 23.2 Å². The van der Waals surface area contributed by atoms with Gasteiger partial charge in [-0.05, 0) is 30.9 Å². The van der Waals surface area contributed by atoms with E-state index in [1.165, 1.54) is 19.3 Å². The molecule has 15 heavy (non-hydrogen) atoms. The van der Waals surface area contributed by atoms with Crippen molar-refractivity contribution < 1.29 is 0 Å². The number of alkyl halides is 1. The van der Waals surface area contributed by atoms with Gasteiger partial charge in [0.2, 0.25) is 0 Å². The van der Waals surface area contributed by atoms with Gasteiger partial charge in [-0.15, -0.1) is 11.6 Å². The molecule has 0 amide bonds. The third kappa shape index (κ3) is 2.47. The molecule has 82 valence electrons. The minimum Gasteiger partial charge on any atom is -0.306 e. The molecule has 1 aromatic rings. The molecule has 0 bridgehead atoms. The Morgan fingerprint density at radius 2 is 2.00 bits per heavy atom. The van der Waals surface area contributed by atoms with Crippen molar-refractivity contribution in [3.05, 3.63) is 34.9 Å². The van der Waals surface area contributed by atoms with Crippen LogP contribution in [-0.2, 0) is 6.54 Å². The molecule has 0 heterocycles. The fourth-order valence-electron chi connectivity index (χ4n) is 1.89. The standard InChI is InChI=1S/C12H15Cl2N/c13-9-12(6-3-7-12)15-8-10-4-1-2-5-11(10)14/h1-2,4-5,15H,3,6-9H2. The van der Waals surface area contributed by atoms with Crippen molar-refractivity contribution in [3.63, 3.8) is 0 Å². The summed E-state index contributed by atoms with van der Waals surface area (Å²) in [5, 5.41) is 4.35. The van der Waals surface area contributed by atoms with Crippen LogP contribution >= 0.6 is 23.2 Å². The molecule has 0 aromatic heterocycles. The van der Waals surface area contributed by atoms with E-state index in [-0.39, 0.29) is 5.54 Å². The zero-order valence-corrected chi connectivity index (χ0v) is 10.1. The van der Waals surface area contributed by atoms with E-state index < -0.39 is 0 Å². The number of nitrogens with one attached hydrogen (secondary N) is 1. The molecule has 3 heteroatoms. The van der Waals surface area contributed by atoms with Crippen molar-refractivity contribution in [2.24, 2.45) is 0 Å². The molecule has 0 unspecified atom stereocenters. The molecule has 1 nitrogen and oxygen atoms in total. The predicted molar refractivity (Wildman–Crippen MR) is 65.6 cm³/mol. The first-order valence-corrected chi connectivity index (χ1v) is 6.21. The quantitative estimate of drug-likeness (QED) is 0.798. The predicted octanol–water partition coefficient (Wildman–Crippen LogP) is 3.59. The van der Waals surface area contributed by atoms with Crippen molar-refractivity contribution in [1.29, 1.82) is 0 Å². The molecule has 1 N–H and O–H groups in total. The number of hydrogen-bond donors (Lipinski definition) is 1. The maximum Gasteiger partial charge on any atom is 0.0450 e. The minimum absolute atomic E-state index is 0.167. The van der Waals surface area contributed by atoms with Crippen molar-refractivity contribution in [3.8, 4) is 0 Å². The molecular formula is C12H15Cl2N. The normalized spacial score (nSPS) is 18.5. The summed E-state index contributed by atoms with van der Waals surface area (Å²) in [6.45, 7) is 0.812. The highest BCUT2D eigenvalue weighted by molar-refractivity contribution is 6.31. The smallest absolute Gasteiger partial charge is 0.0450 e. The fraction of sp³-hybridized carbons (Fsp3) is 0.500. The van der Waals surface area contributed by atoms with Crippen LogP contribution in [-0.4, -0.2) is 11.4 Å². The summed E-state index contributed by atoms with van der Waals surface area (Å²) in [5.41, 5.74) is 1.32. The van der Waals surface area contributed by atoms with Crippen LogP contribution in [0, 0.1) is 0 Å². The molecular weight excluding hydrogens is 229 g/mol. The number of rotatable bonds is 4. The van der Waals surface area contributed by atoms with E-state index >= 15 is 0 Å². The van der Waals surface area contributed by atoms with Gasteiger partial charge in [-0.25, -0.2) is 0 Å². The van der Waals surface area contributed by atoms with Crippen molar-refractivity contribution in [2.45, 2.75) is 31.3 Å². The average molecular weight is 244 g/mol. The Hall–Kier alpha value is -0.240. The monoisotopic (exact) mass is 243 g/mol. The summed E-state index contributed by atoms with van der Waals surface area (Å²) in [5.74, 6) is 0.692. The van der Waals surface area contributed by atoms with E-state index in [1.54, 1.807) is 0 Å². The second-order valence-electron chi connectivity index (χ2n) is 4.21. The number of benzene rings is 1. The Morgan fingerprint density at radius 1 is 1.27 bits per heavy atom.